The SMILES string of the molecule is COc1ccccc1C=C1N=C(c2ccccc2)N(c2ccc([N+](=O)[O-])cc2OC)C1=O. The number of rotatable bonds is 6. The van der Waals surface area contributed by atoms with E-state index in [1.54, 1.807) is 19.3 Å². The number of benzene rings is 3. The summed E-state index contributed by atoms with van der Waals surface area (Å²) >= 11 is 0. The molecule has 8 heteroatoms. The summed E-state index contributed by atoms with van der Waals surface area (Å²) in [6, 6.07) is 20.6. The molecule has 160 valence electrons. The standard InChI is InChI=1S/C24H19N3O5/c1-31-21-11-7-6-10-17(21)14-19-24(28)26(23(25-19)16-8-4-3-5-9-16)20-13-12-18(27(29)30)15-22(20)32-2/h3-15H,1-2H3. The van der Waals surface area contributed by atoms with Gasteiger partial charge in [0.05, 0.1) is 30.9 Å². The maximum absolute atomic E-state index is 13.5. The van der Waals surface area contributed by atoms with E-state index in [0.717, 1.165) is 0 Å². The second-order valence-electron chi connectivity index (χ2n) is 6.83. The Morgan fingerprint density at radius 3 is 2.31 bits per heavy atom. The lowest BCUT2D eigenvalue weighted by Gasteiger charge is -2.20. The normalized spacial score (nSPS) is 14.4. The fourth-order valence-electron chi connectivity index (χ4n) is 3.42. The number of hydrogen-bond donors (Lipinski definition) is 0. The second kappa shape index (κ2) is 8.73. The van der Waals surface area contributed by atoms with E-state index in [9.17, 15) is 14.9 Å². The van der Waals surface area contributed by atoms with E-state index in [4.69, 9.17) is 9.47 Å². The highest BCUT2D eigenvalue weighted by atomic mass is 16.6. The second-order valence-corrected chi connectivity index (χ2v) is 6.83. The maximum Gasteiger partial charge on any atom is 0.282 e. The van der Waals surface area contributed by atoms with Gasteiger partial charge in [0, 0.05) is 17.2 Å². The van der Waals surface area contributed by atoms with Gasteiger partial charge >= 0.3 is 0 Å². The molecule has 0 bridgehead atoms. The van der Waals surface area contributed by atoms with Crippen molar-refractivity contribution in [2.45, 2.75) is 0 Å². The van der Waals surface area contributed by atoms with Gasteiger partial charge in [-0.15, -0.1) is 0 Å². The number of aliphatic imine (C=N–C) groups is 1. The summed E-state index contributed by atoms with van der Waals surface area (Å²) in [7, 11) is 2.95. The predicted molar refractivity (Wildman–Crippen MR) is 121 cm³/mol. The molecule has 1 heterocycles. The predicted octanol–water partition coefficient (Wildman–Crippen LogP) is 4.45. The maximum atomic E-state index is 13.5. The zero-order valence-corrected chi connectivity index (χ0v) is 17.4. The molecule has 0 saturated carbocycles. The van der Waals surface area contributed by atoms with Gasteiger partial charge in [0.2, 0.25) is 0 Å². The zero-order chi connectivity index (χ0) is 22.7. The first-order valence-electron chi connectivity index (χ1n) is 9.69. The number of carbonyl (C=O) groups is 1. The topological polar surface area (TPSA) is 94.3 Å². The Labute approximate surface area is 184 Å². The molecule has 0 N–H and O–H groups in total. The van der Waals surface area contributed by atoms with Crippen LogP contribution in [0.4, 0.5) is 11.4 Å². The average molecular weight is 429 g/mol. The van der Waals surface area contributed by atoms with Gasteiger partial charge in [-0.3, -0.25) is 19.8 Å². The number of nitro groups is 1. The van der Waals surface area contributed by atoms with E-state index >= 15 is 0 Å². The molecule has 32 heavy (non-hydrogen) atoms. The number of amides is 1. The van der Waals surface area contributed by atoms with Crippen LogP contribution in [0.15, 0.2) is 83.5 Å². The number of nitro benzene ring substituents is 1. The highest BCUT2D eigenvalue weighted by Crippen LogP contribution is 2.37. The van der Waals surface area contributed by atoms with Crippen molar-refractivity contribution < 1.29 is 19.2 Å². The summed E-state index contributed by atoms with van der Waals surface area (Å²) in [6.07, 6.45) is 1.65. The van der Waals surface area contributed by atoms with Crippen LogP contribution in [-0.2, 0) is 4.79 Å². The Hall–Kier alpha value is -4.46. The highest BCUT2D eigenvalue weighted by molar-refractivity contribution is 6.33. The van der Waals surface area contributed by atoms with Gasteiger partial charge in [-0.2, -0.15) is 0 Å². The molecule has 0 aromatic heterocycles. The summed E-state index contributed by atoms with van der Waals surface area (Å²) in [6.45, 7) is 0. The third-order valence-corrected chi connectivity index (χ3v) is 4.94. The molecule has 0 saturated heterocycles. The summed E-state index contributed by atoms with van der Waals surface area (Å²) < 4.78 is 10.8. The van der Waals surface area contributed by atoms with Crippen molar-refractivity contribution in [3.05, 3.63) is 99.7 Å². The molecule has 1 aliphatic heterocycles. The Morgan fingerprint density at radius 1 is 0.938 bits per heavy atom. The molecule has 1 aliphatic rings. The molecule has 4 rings (SSSR count). The van der Waals surface area contributed by atoms with E-state index in [1.165, 1.54) is 30.2 Å². The third-order valence-electron chi connectivity index (χ3n) is 4.94. The monoisotopic (exact) mass is 429 g/mol. The van der Waals surface area contributed by atoms with Crippen molar-refractivity contribution in [1.29, 1.82) is 0 Å². The summed E-state index contributed by atoms with van der Waals surface area (Å²) in [5, 5.41) is 11.2. The molecule has 0 radical (unpaired) electrons. The summed E-state index contributed by atoms with van der Waals surface area (Å²) in [5.74, 6) is 0.802. The Kier molecular flexibility index (Phi) is 5.67. The lowest BCUT2D eigenvalue weighted by atomic mass is 10.1. The van der Waals surface area contributed by atoms with Crippen LogP contribution in [0.5, 0.6) is 11.5 Å². The smallest absolute Gasteiger partial charge is 0.282 e. The lowest BCUT2D eigenvalue weighted by molar-refractivity contribution is -0.384. The molecule has 0 fully saturated rings. The number of ether oxygens (including phenoxy) is 2. The van der Waals surface area contributed by atoms with Gasteiger partial charge < -0.3 is 9.47 Å². The number of amidine groups is 1. The van der Waals surface area contributed by atoms with Crippen LogP contribution in [-0.4, -0.2) is 30.9 Å². The van der Waals surface area contributed by atoms with Crippen molar-refractivity contribution >= 4 is 29.2 Å². The number of carbonyl (C=O) groups excluding carboxylic acids is 1. The van der Waals surface area contributed by atoms with Gasteiger partial charge in [-0.05, 0) is 18.2 Å². The van der Waals surface area contributed by atoms with E-state index in [-0.39, 0.29) is 23.0 Å². The minimum atomic E-state index is -0.517. The summed E-state index contributed by atoms with van der Waals surface area (Å²) in [4.78, 5) is 30.2. The van der Waals surface area contributed by atoms with Crippen LogP contribution in [0.2, 0.25) is 0 Å². The molecule has 3 aromatic rings. The number of nitrogens with zero attached hydrogens (tertiary/aromatic N) is 3. The molecular weight excluding hydrogens is 410 g/mol. The van der Waals surface area contributed by atoms with Crippen molar-refractivity contribution in [2.24, 2.45) is 4.99 Å². The first-order chi connectivity index (χ1) is 15.5. The minimum Gasteiger partial charge on any atom is -0.496 e. The van der Waals surface area contributed by atoms with E-state index in [2.05, 4.69) is 4.99 Å². The third kappa shape index (κ3) is 3.81. The van der Waals surface area contributed by atoms with Crippen LogP contribution in [0.25, 0.3) is 6.08 Å². The van der Waals surface area contributed by atoms with Crippen molar-refractivity contribution in [3.63, 3.8) is 0 Å². The van der Waals surface area contributed by atoms with E-state index < -0.39 is 4.92 Å². The fraction of sp³-hybridized carbons (Fsp3) is 0.0833. The average Bonchev–Trinajstić information content (AvgIpc) is 3.15. The van der Waals surface area contributed by atoms with Gasteiger partial charge in [0.15, 0.2) is 0 Å². The van der Waals surface area contributed by atoms with Crippen LogP contribution in [0, 0.1) is 10.1 Å². The largest absolute Gasteiger partial charge is 0.496 e. The lowest BCUT2D eigenvalue weighted by Crippen LogP contribution is -2.33. The summed E-state index contributed by atoms with van der Waals surface area (Å²) in [5.41, 5.74) is 1.83. The van der Waals surface area contributed by atoms with Crippen LogP contribution in [0.1, 0.15) is 11.1 Å². The van der Waals surface area contributed by atoms with E-state index in [1.807, 2.05) is 48.5 Å². The van der Waals surface area contributed by atoms with Gasteiger partial charge in [0.25, 0.3) is 11.6 Å². The number of non-ortho nitro benzene ring substituents is 1. The molecule has 1 amide bonds. The highest BCUT2D eigenvalue weighted by Gasteiger charge is 2.35. The first-order valence-corrected chi connectivity index (χ1v) is 9.69. The van der Waals surface area contributed by atoms with Gasteiger partial charge in [0.1, 0.15) is 23.0 Å². The Morgan fingerprint density at radius 2 is 1.62 bits per heavy atom. The minimum absolute atomic E-state index is 0.139. The number of para-hydroxylation sites is 1. The molecule has 3 aromatic carbocycles. The Bertz CT molecular complexity index is 1250. The number of hydrogen-bond acceptors (Lipinski definition) is 6. The van der Waals surface area contributed by atoms with Crippen molar-refractivity contribution in [3.8, 4) is 11.5 Å². The molecular formula is C24H19N3O5. The molecule has 0 unspecified atom stereocenters. The van der Waals surface area contributed by atoms with Gasteiger partial charge in [-0.25, -0.2) is 4.99 Å². The van der Waals surface area contributed by atoms with Crippen LogP contribution in [0.3, 0.4) is 0 Å². The molecule has 0 atom stereocenters. The van der Waals surface area contributed by atoms with Crippen molar-refractivity contribution in [2.75, 3.05) is 19.1 Å². The number of methoxy groups -OCH3 is 2. The van der Waals surface area contributed by atoms with E-state index in [0.29, 0.717) is 28.4 Å². The quantitative estimate of drug-likeness (QED) is 0.328. The Balaban J connectivity index is 1.87. The molecule has 8 nitrogen and oxygen atoms in total. The van der Waals surface area contributed by atoms with Gasteiger partial charge in [-0.1, -0.05) is 48.5 Å². The van der Waals surface area contributed by atoms with Crippen LogP contribution < -0.4 is 14.4 Å². The first kappa shape index (κ1) is 20.8. The number of anilines is 1. The fourth-order valence-corrected chi connectivity index (χ4v) is 3.42. The van der Waals surface area contributed by atoms with Crippen LogP contribution >= 0.6 is 0 Å². The van der Waals surface area contributed by atoms with Crippen molar-refractivity contribution in [1.82, 2.24) is 0 Å². The molecule has 0 aliphatic carbocycles. The zero-order valence-electron chi connectivity index (χ0n) is 17.4. The molecule has 0 spiro atoms.